The van der Waals surface area contributed by atoms with Crippen LogP contribution >= 0.6 is 0 Å². The Balaban J connectivity index is 1.57. The Morgan fingerprint density at radius 1 is 1.16 bits per heavy atom. The topological polar surface area (TPSA) is 82.9 Å². The smallest absolute Gasteiger partial charge is 0.325 e. The molecule has 0 radical (unpaired) electrons. The van der Waals surface area contributed by atoms with Gasteiger partial charge in [-0.3, -0.25) is 14.5 Å². The Kier molecular flexibility index (Phi) is 5.93. The molecule has 1 aromatic heterocycles. The fourth-order valence-corrected chi connectivity index (χ4v) is 4.33. The molecule has 4 amide bonds. The van der Waals surface area contributed by atoms with Crippen LogP contribution in [0, 0.1) is 0 Å². The molecular formula is C24H27N3O4. The molecule has 1 fully saturated rings. The highest BCUT2D eigenvalue weighted by molar-refractivity contribution is 6.09. The van der Waals surface area contributed by atoms with Crippen molar-refractivity contribution in [3.05, 3.63) is 71.8 Å². The summed E-state index contributed by atoms with van der Waals surface area (Å²) in [6.07, 6.45) is 7.83. The largest absolute Gasteiger partial charge is 0.467 e. The van der Waals surface area contributed by atoms with Gasteiger partial charge < -0.3 is 14.6 Å². The summed E-state index contributed by atoms with van der Waals surface area (Å²) in [6, 6.07) is 12.2. The van der Waals surface area contributed by atoms with E-state index in [4.69, 9.17) is 4.42 Å². The van der Waals surface area contributed by atoms with Crippen LogP contribution in [0.25, 0.3) is 0 Å². The summed E-state index contributed by atoms with van der Waals surface area (Å²) in [4.78, 5) is 42.1. The number of rotatable bonds is 7. The van der Waals surface area contributed by atoms with Crippen LogP contribution in [0.4, 0.5) is 4.79 Å². The number of carbonyl (C=O) groups excluding carboxylic acids is 3. The number of amides is 4. The zero-order chi connectivity index (χ0) is 21.8. The standard InChI is InChI=1S/C24H27N3O4/c1-2-24(18-10-5-3-6-11-18)22(29)27(23(30)25-24)17-21(28)26(16-20-14-9-15-31-20)19-12-7-4-8-13-19/h3,5-6,9-12,14-15H,2,4,7-8,13,16-17H2,1H3,(H,25,30)/t24-/m0/s1. The summed E-state index contributed by atoms with van der Waals surface area (Å²) in [5.41, 5.74) is 0.493. The van der Waals surface area contributed by atoms with Gasteiger partial charge in [0.25, 0.3) is 5.91 Å². The molecule has 7 heteroatoms. The fourth-order valence-electron chi connectivity index (χ4n) is 4.33. The van der Waals surface area contributed by atoms with Gasteiger partial charge in [-0.15, -0.1) is 0 Å². The van der Waals surface area contributed by atoms with E-state index in [0.717, 1.165) is 36.3 Å². The van der Waals surface area contributed by atoms with Crippen molar-refractivity contribution in [2.75, 3.05) is 6.54 Å². The molecule has 0 spiro atoms. The van der Waals surface area contributed by atoms with Gasteiger partial charge in [-0.1, -0.05) is 43.3 Å². The molecule has 7 nitrogen and oxygen atoms in total. The Morgan fingerprint density at radius 2 is 1.97 bits per heavy atom. The van der Waals surface area contributed by atoms with Crippen molar-refractivity contribution in [2.24, 2.45) is 0 Å². The second-order valence-corrected chi connectivity index (χ2v) is 7.95. The van der Waals surface area contributed by atoms with E-state index in [-0.39, 0.29) is 19.0 Å². The quantitative estimate of drug-likeness (QED) is 0.687. The van der Waals surface area contributed by atoms with Crippen LogP contribution < -0.4 is 5.32 Å². The molecule has 0 unspecified atom stereocenters. The number of hydrogen-bond acceptors (Lipinski definition) is 4. The van der Waals surface area contributed by atoms with Gasteiger partial charge in [0.2, 0.25) is 5.91 Å². The predicted molar refractivity (Wildman–Crippen MR) is 114 cm³/mol. The van der Waals surface area contributed by atoms with E-state index < -0.39 is 17.5 Å². The number of furan rings is 1. The van der Waals surface area contributed by atoms with Crippen molar-refractivity contribution in [2.45, 2.75) is 51.1 Å². The Bertz CT molecular complexity index is 984. The van der Waals surface area contributed by atoms with Crippen LogP contribution in [0.2, 0.25) is 0 Å². The number of nitrogens with zero attached hydrogens (tertiary/aromatic N) is 2. The van der Waals surface area contributed by atoms with Crippen molar-refractivity contribution in [3.63, 3.8) is 0 Å². The second kappa shape index (κ2) is 8.79. The number of imide groups is 1. The lowest BCUT2D eigenvalue weighted by molar-refractivity contribution is -0.138. The Labute approximate surface area is 181 Å². The predicted octanol–water partition coefficient (Wildman–Crippen LogP) is 3.92. The highest BCUT2D eigenvalue weighted by Crippen LogP contribution is 2.32. The molecule has 0 saturated carbocycles. The monoisotopic (exact) mass is 421 g/mol. The summed E-state index contributed by atoms with van der Waals surface area (Å²) >= 11 is 0. The SMILES string of the molecule is CC[C@@]1(c2ccccc2)NC(=O)N(CC(=O)N(Cc2ccco2)C2=CCCCC2)C1=O. The van der Waals surface area contributed by atoms with E-state index in [9.17, 15) is 14.4 Å². The fraction of sp³-hybridized carbons (Fsp3) is 0.375. The highest BCUT2D eigenvalue weighted by Gasteiger charge is 2.51. The van der Waals surface area contributed by atoms with Gasteiger partial charge in [0.05, 0.1) is 12.8 Å². The van der Waals surface area contributed by atoms with Crippen molar-refractivity contribution in [1.29, 1.82) is 0 Å². The molecule has 4 rings (SSSR count). The van der Waals surface area contributed by atoms with Gasteiger partial charge >= 0.3 is 6.03 Å². The minimum absolute atomic E-state index is 0.277. The zero-order valence-electron chi connectivity index (χ0n) is 17.7. The summed E-state index contributed by atoms with van der Waals surface area (Å²) in [6.45, 7) is 1.82. The van der Waals surface area contributed by atoms with Crippen molar-refractivity contribution in [1.82, 2.24) is 15.1 Å². The summed E-state index contributed by atoms with van der Waals surface area (Å²) in [5, 5.41) is 2.84. The van der Waals surface area contributed by atoms with E-state index in [1.807, 2.05) is 43.3 Å². The minimum atomic E-state index is -1.14. The minimum Gasteiger partial charge on any atom is -0.467 e. The normalized spacial score (nSPS) is 21.1. The summed E-state index contributed by atoms with van der Waals surface area (Å²) < 4.78 is 5.44. The molecule has 1 aromatic carbocycles. The maximum Gasteiger partial charge on any atom is 0.325 e. The molecule has 1 aliphatic carbocycles. The van der Waals surface area contributed by atoms with Gasteiger partial charge in [-0.2, -0.15) is 0 Å². The van der Waals surface area contributed by atoms with Gasteiger partial charge in [-0.05, 0) is 49.8 Å². The van der Waals surface area contributed by atoms with E-state index in [1.54, 1.807) is 17.2 Å². The van der Waals surface area contributed by atoms with Crippen LogP contribution in [-0.2, 0) is 21.7 Å². The highest BCUT2D eigenvalue weighted by atomic mass is 16.3. The average molecular weight is 421 g/mol. The van der Waals surface area contributed by atoms with Crippen LogP contribution in [-0.4, -0.2) is 34.2 Å². The molecule has 162 valence electrons. The number of benzene rings is 1. The molecule has 0 bridgehead atoms. The summed E-state index contributed by atoms with van der Waals surface area (Å²) in [5.74, 6) is -0.0349. The first-order valence-corrected chi connectivity index (χ1v) is 10.8. The summed E-state index contributed by atoms with van der Waals surface area (Å²) in [7, 11) is 0. The number of urea groups is 1. The lowest BCUT2D eigenvalue weighted by atomic mass is 9.87. The van der Waals surface area contributed by atoms with Gasteiger partial charge in [0.15, 0.2) is 0 Å². The Morgan fingerprint density at radius 3 is 2.61 bits per heavy atom. The van der Waals surface area contributed by atoms with E-state index in [2.05, 4.69) is 11.4 Å². The zero-order valence-corrected chi connectivity index (χ0v) is 17.7. The molecule has 2 aromatic rings. The first kappa shape index (κ1) is 20.9. The lowest BCUT2D eigenvalue weighted by Gasteiger charge is -2.29. The lowest BCUT2D eigenvalue weighted by Crippen LogP contribution is -2.45. The first-order valence-electron chi connectivity index (χ1n) is 10.8. The van der Waals surface area contributed by atoms with Crippen LogP contribution in [0.5, 0.6) is 0 Å². The molecule has 31 heavy (non-hydrogen) atoms. The number of allylic oxidation sites excluding steroid dienone is 2. The van der Waals surface area contributed by atoms with Crippen LogP contribution in [0.3, 0.4) is 0 Å². The maximum atomic E-state index is 13.4. The molecule has 1 atom stereocenters. The second-order valence-electron chi connectivity index (χ2n) is 7.95. The third-order valence-corrected chi connectivity index (χ3v) is 6.07. The number of carbonyl (C=O) groups is 3. The molecule has 2 heterocycles. The van der Waals surface area contributed by atoms with Gasteiger partial charge in [0.1, 0.15) is 17.8 Å². The van der Waals surface area contributed by atoms with Gasteiger partial charge in [0, 0.05) is 5.70 Å². The molecule has 1 N–H and O–H groups in total. The Hall–Kier alpha value is -3.35. The number of hydrogen-bond donors (Lipinski definition) is 1. The molecular weight excluding hydrogens is 394 g/mol. The van der Waals surface area contributed by atoms with Crippen molar-refractivity contribution in [3.8, 4) is 0 Å². The number of nitrogens with one attached hydrogen (secondary N) is 1. The molecule has 1 saturated heterocycles. The molecule has 1 aliphatic heterocycles. The van der Waals surface area contributed by atoms with Crippen LogP contribution in [0.1, 0.15) is 50.4 Å². The molecule has 2 aliphatic rings. The first-order chi connectivity index (χ1) is 15.0. The maximum absolute atomic E-state index is 13.4. The van der Waals surface area contributed by atoms with E-state index >= 15 is 0 Å². The third-order valence-electron chi connectivity index (χ3n) is 6.07. The van der Waals surface area contributed by atoms with E-state index in [1.165, 1.54) is 0 Å². The van der Waals surface area contributed by atoms with Gasteiger partial charge in [-0.25, -0.2) is 4.79 Å². The van der Waals surface area contributed by atoms with Crippen LogP contribution in [0.15, 0.2) is 64.9 Å². The van der Waals surface area contributed by atoms with E-state index in [0.29, 0.717) is 17.7 Å². The van der Waals surface area contributed by atoms with Crippen molar-refractivity contribution < 1.29 is 18.8 Å². The average Bonchev–Trinajstić information content (AvgIpc) is 3.41. The third kappa shape index (κ3) is 4.00. The van der Waals surface area contributed by atoms with Crippen molar-refractivity contribution >= 4 is 17.8 Å².